The average Bonchev–Trinajstić information content (AvgIpc) is 2.29. The zero-order chi connectivity index (χ0) is 12.3. The van der Waals surface area contributed by atoms with E-state index in [4.69, 9.17) is 4.74 Å². The second-order valence-corrected chi connectivity index (χ2v) is 3.83. The molecule has 0 amide bonds. The summed E-state index contributed by atoms with van der Waals surface area (Å²) in [4.78, 5) is 18.5. The van der Waals surface area contributed by atoms with E-state index in [0.29, 0.717) is 18.1 Å². The monoisotopic (exact) mass is 230 g/mol. The molecule has 1 aromatic heterocycles. The Morgan fingerprint density at radius 2 is 2.12 bits per heavy atom. The van der Waals surface area contributed by atoms with Crippen molar-refractivity contribution in [3.05, 3.63) is 52.1 Å². The first-order chi connectivity index (χ1) is 8.20. The van der Waals surface area contributed by atoms with Crippen molar-refractivity contribution in [3.63, 3.8) is 0 Å². The summed E-state index contributed by atoms with van der Waals surface area (Å²) in [6.45, 7) is 2.29. The van der Waals surface area contributed by atoms with Crippen LogP contribution in [0.15, 0.2) is 35.1 Å². The summed E-state index contributed by atoms with van der Waals surface area (Å²) in [6.07, 6.45) is 0. The molecule has 4 nitrogen and oxygen atoms in total. The quantitative estimate of drug-likeness (QED) is 0.876. The van der Waals surface area contributed by atoms with Gasteiger partial charge in [-0.05, 0) is 12.5 Å². The normalized spacial score (nSPS) is 10.5. The van der Waals surface area contributed by atoms with Crippen LogP contribution in [0.2, 0.25) is 0 Å². The lowest BCUT2D eigenvalue weighted by Gasteiger charge is -2.06. The van der Waals surface area contributed by atoms with Crippen LogP contribution in [-0.2, 0) is 11.3 Å². The van der Waals surface area contributed by atoms with Crippen LogP contribution in [0.1, 0.15) is 11.4 Å². The van der Waals surface area contributed by atoms with Crippen LogP contribution in [0.4, 0.5) is 0 Å². The van der Waals surface area contributed by atoms with Gasteiger partial charge in [0.15, 0.2) is 0 Å². The van der Waals surface area contributed by atoms with E-state index in [9.17, 15) is 4.79 Å². The number of benzene rings is 1. The number of rotatable bonds is 3. The van der Waals surface area contributed by atoms with Crippen molar-refractivity contribution in [2.45, 2.75) is 13.5 Å². The van der Waals surface area contributed by atoms with Gasteiger partial charge < -0.3 is 9.72 Å². The molecule has 0 radical (unpaired) electrons. The highest BCUT2D eigenvalue weighted by Crippen LogP contribution is 2.19. The number of methoxy groups -OCH3 is 1. The van der Waals surface area contributed by atoms with Crippen LogP contribution < -0.4 is 5.56 Å². The minimum Gasteiger partial charge on any atom is -0.377 e. The Labute approximate surface area is 99.3 Å². The molecule has 1 N–H and O–H groups in total. The van der Waals surface area contributed by atoms with E-state index in [2.05, 4.69) is 9.97 Å². The average molecular weight is 230 g/mol. The number of nitrogens with zero attached hydrogens (tertiary/aromatic N) is 1. The fraction of sp³-hybridized carbons (Fsp3) is 0.231. The number of aromatic amines is 1. The van der Waals surface area contributed by atoms with Gasteiger partial charge in [0.2, 0.25) is 0 Å². The molecule has 0 saturated heterocycles. The van der Waals surface area contributed by atoms with Gasteiger partial charge in [-0.2, -0.15) is 0 Å². The summed E-state index contributed by atoms with van der Waals surface area (Å²) in [5, 5.41) is 0. The summed E-state index contributed by atoms with van der Waals surface area (Å²) >= 11 is 0. The largest absolute Gasteiger partial charge is 0.377 e. The van der Waals surface area contributed by atoms with Crippen LogP contribution in [0.3, 0.4) is 0 Å². The Hall–Kier alpha value is -1.94. The Morgan fingerprint density at radius 1 is 1.35 bits per heavy atom. The van der Waals surface area contributed by atoms with Crippen molar-refractivity contribution < 1.29 is 4.74 Å². The van der Waals surface area contributed by atoms with E-state index in [1.165, 1.54) is 6.07 Å². The summed E-state index contributed by atoms with van der Waals surface area (Å²) in [5.41, 5.74) is 2.58. The first-order valence-electron chi connectivity index (χ1n) is 5.36. The minimum absolute atomic E-state index is 0.162. The van der Waals surface area contributed by atoms with Gasteiger partial charge in [0, 0.05) is 18.7 Å². The lowest BCUT2D eigenvalue weighted by molar-refractivity contribution is 0.177. The number of aromatic nitrogens is 2. The third-order valence-corrected chi connectivity index (χ3v) is 2.49. The van der Waals surface area contributed by atoms with Crippen LogP contribution in [0.25, 0.3) is 11.3 Å². The maximum atomic E-state index is 11.5. The van der Waals surface area contributed by atoms with Gasteiger partial charge in [-0.15, -0.1) is 0 Å². The first kappa shape index (κ1) is 11.5. The van der Waals surface area contributed by atoms with E-state index < -0.39 is 0 Å². The Kier molecular flexibility index (Phi) is 3.35. The second kappa shape index (κ2) is 4.93. The SMILES string of the molecule is COCc1nc(-c2ccccc2C)cc(=O)[nH]1. The molecule has 1 aromatic carbocycles. The zero-order valence-electron chi connectivity index (χ0n) is 9.86. The third kappa shape index (κ3) is 2.60. The van der Waals surface area contributed by atoms with Gasteiger partial charge in [-0.1, -0.05) is 24.3 Å². The van der Waals surface area contributed by atoms with Gasteiger partial charge in [0.25, 0.3) is 5.56 Å². The summed E-state index contributed by atoms with van der Waals surface area (Å²) in [5.74, 6) is 0.540. The van der Waals surface area contributed by atoms with E-state index >= 15 is 0 Å². The fourth-order valence-electron chi connectivity index (χ4n) is 1.71. The maximum absolute atomic E-state index is 11.5. The van der Waals surface area contributed by atoms with Crippen molar-refractivity contribution in [3.8, 4) is 11.3 Å². The van der Waals surface area contributed by atoms with Gasteiger partial charge in [0.05, 0.1) is 5.69 Å². The highest BCUT2D eigenvalue weighted by Gasteiger charge is 2.05. The number of ether oxygens (including phenoxy) is 1. The molecule has 0 fully saturated rings. The third-order valence-electron chi connectivity index (χ3n) is 2.49. The summed E-state index contributed by atoms with van der Waals surface area (Å²) in [7, 11) is 1.57. The molecular formula is C13H14N2O2. The highest BCUT2D eigenvalue weighted by atomic mass is 16.5. The molecule has 1 heterocycles. The Bertz CT molecular complexity index is 576. The fourth-order valence-corrected chi connectivity index (χ4v) is 1.71. The zero-order valence-corrected chi connectivity index (χ0v) is 9.86. The first-order valence-corrected chi connectivity index (χ1v) is 5.36. The summed E-state index contributed by atoms with van der Waals surface area (Å²) in [6, 6.07) is 9.34. The van der Waals surface area contributed by atoms with Crippen LogP contribution in [0, 0.1) is 6.92 Å². The molecular weight excluding hydrogens is 216 g/mol. The molecule has 17 heavy (non-hydrogen) atoms. The predicted molar refractivity (Wildman–Crippen MR) is 65.7 cm³/mol. The van der Waals surface area contributed by atoms with E-state index in [-0.39, 0.29) is 5.56 Å². The van der Waals surface area contributed by atoms with Gasteiger partial charge in [-0.25, -0.2) is 4.98 Å². The number of H-pyrrole nitrogens is 1. The molecule has 0 saturated carbocycles. The second-order valence-electron chi connectivity index (χ2n) is 3.83. The molecule has 0 spiro atoms. The van der Waals surface area contributed by atoms with Crippen molar-refractivity contribution in [1.82, 2.24) is 9.97 Å². The molecule has 0 bridgehead atoms. The van der Waals surface area contributed by atoms with Crippen molar-refractivity contribution >= 4 is 0 Å². The van der Waals surface area contributed by atoms with Crippen molar-refractivity contribution in [2.75, 3.05) is 7.11 Å². The molecule has 0 aliphatic heterocycles. The molecule has 2 aromatic rings. The molecule has 0 aliphatic carbocycles. The van der Waals surface area contributed by atoms with Crippen LogP contribution in [-0.4, -0.2) is 17.1 Å². The van der Waals surface area contributed by atoms with E-state index in [0.717, 1.165) is 11.1 Å². The maximum Gasteiger partial charge on any atom is 0.251 e. The smallest absolute Gasteiger partial charge is 0.251 e. The van der Waals surface area contributed by atoms with Gasteiger partial charge in [0.1, 0.15) is 12.4 Å². The molecule has 4 heteroatoms. The Morgan fingerprint density at radius 3 is 2.82 bits per heavy atom. The van der Waals surface area contributed by atoms with E-state index in [1.807, 2.05) is 31.2 Å². The Balaban J connectivity index is 2.52. The highest BCUT2D eigenvalue weighted by molar-refractivity contribution is 5.62. The van der Waals surface area contributed by atoms with Crippen LogP contribution in [0.5, 0.6) is 0 Å². The number of hydrogen-bond donors (Lipinski definition) is 1. The molecule has 88 valence electrons. The van der Waals surface area contributed by atoms with E-state index in [1.54, 1.807) is 7.11 Å². The number of aryl methyl sites for hydroxylation is 1. The molecule has 2 rings (SSSR count). The van der Waals surface area contributed by atoms with Gasteiger partial charge >= 0.3 is 0 Å². The lowest BCUT2D eigenvalue weighted by atomic mass is 10.1. The number of nitrogens with one attached hydrogen (secondary N) is 1. The standard InChI is InChI=1S/C13H14N2O2/c1-9-5-3-4-6-10(9)11-7-13(16)15-12(14-11)8-17-2/h3-7H,8H2,1-2H3,(H,14,15,16). The minimum atomic E-state index is -0.162. The number of hydrogen-bond acceptors (Lipinski definition) is 3. The van der Waals surface area contributed by atoms with Crippen molar-refractivity contribution in [2.24, 2.45) is 0 Å². The van der Waals surface area contributed by atoms with Crippen LogP contribution >= 0.6 is 0 Å². The molecule has 0 aliphatic rings. The van der Waals surface area contributed by atoms with Crippen molar-refractivity contribution in [1.29, 1.82) is 0 Å². The summed E-state index contributed by atoms with van der Waals surface area (Å²) < 4.78 is 4.97. The lowest BCUT2D eigenvalue weighted by Crippen LogP contribution is -2.11. The van der Waals surface area contributed by atoms with Gasteiger partial charge in [-0.3, -0.25) is 4.79 Å². The topological polar surface area (TPSA) is 55.0 Å². The molecule has 0 unspecified atom stereocenters. The predicted octanol–water partition coefficient (Wildman–Crippen LogP) is 1.89. The molecule has 0 atom stereocenters.